The number of carbonyl (C=O) groups excluding carboxylic acids is 2. The van der Waals surface area contributed by atoms with Crippen LogP contribution < -0.4 is 20.5 Å². The molecule has 0 radical (unpaired) electrons. The standard InChI is InChI=1S/C23H21N5O4/c1-2-31-19-12-15(21-22(23(24)30)27-28-26-21)10-11-18(19)32-13-20(29)25-17-9-5-7-14-6-3-4-8-16(14)17/h3-12H,2,13H2,1H3,(H2,24,30)(H,25,29)(H,26,27,28). The summed E-state index contributed by atoms with van der Waals surface area (Å²) in [6.45, 7) is 2.00. The Labute approximate surface area is 183 Å². The van der Waals surface area contributed by atoms with Crippen LogP contribution in [0.4, 0.5) is 5.69 Å². The van der Waals surface area contributed by atoms with Crippen molar-refractivity contribution in [1.82, 2.24) is 15.4 Å². The number of hydrogen-bond acceptors (Lipinski definition) is 6. The van der Waals surface area contributed by atoms with Crippen LogP contribution in [0.25, 0.3) is 22.0 Å². The van der Waals surface area contributed by atoms with E-state index >= 15 is 0 Å². The Balaban J connectivity index is 1.50. The number of fused-ring (bicyclic) bond motifs is 1. The lowest BCUT2D eigenvalue weighted by atomic mass is 10.1. The van der Waals surface area contributed by atoms with Crippen LogP contribution in [0.1, 0.15) is 17.4 Å². The molecule has 0 fully saturated rings. The van der Waals surface area contributed by atoms with E-state index in [9.17, 15) is 9.59 Å². The molecule has 0 atom stereocenters. The molecular weight excluding hydrogens is 410 g/mol. The Morgan fingerprint density at radius 3 is 2.62 bits per heavy atom. The van der Waals surface area contributed by atoms with E-state index < -0.39 is 5.91 Å². The first-order valence-electron chi connectivity index (χ1n) is 9.95. The normalized spacial score (nSPS) is 10.7. The summed E-state index contributed by atoms with van der Waals surface area (Å²) in [5.74, 6) is -0.216. The molecule has 2 amide bonds. The van der Waals surface area contributed by atoms with Crippen LogP contribution in [0.15, 0.2) is 60.7 Å². The smallest absolute Gasteiger partial charge is 0.271 e. The second-order valence-electron chi connectivity index (χ2n) is 6.84. The average molecular weight is 431 g/mol. The van der Waals surface area contributed by atoms with Gasteiger partial charge < -0.3 is 20.5 Å². The summed E-state index contributed by atoms with van der Waals surface area (Å²) in [4.78, 5) is 24.1. The summed E-state index contributed by atoms with van der Waals surface area (Å²) in [7, 11) is 0. The van der Waals surface area contributed by atoms with E-state index in [4.69, 9.17) is 15.2 Å². The molecule has 0 aliphatic rings. The number of hydrogen-bond donors (Lipinski definition) is 3. The van der Waals surface area contributed by atoms with Gasteiger partial charge in [-0.2, -0.15) is 15.4 Å². The molecule has 0 spiro atoms. The Morgan fingerprint density at radius 2 is 1.81 bits per heavy atom. The van der Waals surface area contributed by atoms with Crippen molar-refractivity contribution in [2.75, 3.05) is 18.5 Å². The third-order valence-corrected chi connectivity index (χ3v) is 4.72. The summed E-state index contributed by atoms with van der Waals surface area (Å²) in [5.41, 5.74) is 6.95. The van der Waals surface area contributed by atoms with Crippen LogP contribution in [0.2, 0.25) is 0 Å². The van der Waals surface area contributed by atoms with Gasteiger partial charge in [-0.25, -0.2) is 0 Å². The predicted octanol–water partition coefficient (Wildman–Crippen LogP) is 3.14. The van der Waals surface area contributed by atoms with E-state index in [-0.39, 0.29) is 18.2 Å². The van der Waals surface area contributed by atoms with Gasteiger partial charge in [-0.05, 0) is 36.6 Å². The van der Waals surface area contributed by atoms with Crippen LogP contribution >= 0.6 is 0 Å². The quantitative estimate of drug-likeness (QED) is 0.393. The fourth-order valence-electron chi connectivity index (χ4n) is 3.31. The van der Waals surface area contributed by atoms with Crippen molar-refractivity contribution < 1.29 is 19.1 Å². The summed E-state index contributed by atoms with van der Waals surface area (Å²) < 4.78 is 11.4. The highest BCUT2D eigenvalue weighted by Crippen LogP contribution is 2.33. The zero-order valence-electron chi connectivity index (χ0n) is 17.3. The van der Waals surface area contributed by atoms with Gasteiger partial charge >= 0.3 is 0 Å². The highest BCUT2D eigenvalue weighted by molar-refractivity contribution is 6.02. The first-order chi connectivity index (χ1) is 15.6. The number of primary amides is 1. The molecule has 0 aliphatic carbocycles. The summed E-state index contributed by atoms with van der Waals surface area (Å²) >= 11 is 0. The van der Waals surface area contributed by atoms with Gasteiger partial charge in [-0.3, -0.25) is 9.59 Å². The lowest BCUT2D eigenvalue weighted by Crippen LogP contribution is -2.20. The molecule has 0 saturated heterocycles. The van der Waals surface area contributed by atoms with Crippen molar-refractivity contribution in [2.45, 2.75) is 6.92 Å². The minimum Gasteiger partial charge on any atom is -0.490 e. The molecule has 4 N–H and O–H groups in total. The van der Waals surface area contributed by atoms with Crippen LogP contribution in [-0.4, -0.2) is 40.4 Å². The number of ether oxygens (including phenoxy) is 2. The molecule has 0 aliphatic heterocycles. The van der Waals surface area contributed by atoms with Crippen LogP contribution in [0, 0.1) is 0 Å². The molecule has 162 valence electrons. The maximum Gasteiger partial charge on any atom is 0.271 e. The minimum absolute atomic E-state index is 0.0237. The van der Waals surface area contributed by atoms with E-state index in [0.29, 0.717) is 35.1 Å². The van der Waals surface area contributed by atoms with Gasteiger partial charge in [0.1, 0.15) is 5.69 Å². The molecule has 3 aromatic carbocycles. The molecule has 1 aromatic heterocycles. The highest BCUT2D eigenvalue weighted by Gasteiger charge is 2.18. The number of amides is 2. The zero-order valence-corrected chi connectivity index (χ0v) is 17.3. The summed E-state index contributed by atoms with van der Waals surface area (Å²) in [5, 5.41) is 15.0. The first kappa shape index (κ1) is 20.9. The number of nitrogens with two attached hydrogens (primary N) is 1. The molecule has 9 nitrogen and oxygen atoms in total. The number of nitrogens with zero attached hydrogens (tertiary/aromatic N) is 2. The molecule has 0 unspecified atom stereocenters. The number of H-pyrrole nitrogens is 1. The maximum absolute atomic E-state index is 12.5. The Morgan fingerprint density at radius 1 is 1.00 bits per heavy atom. The molecule has 0 bridgehead atoms. The number of anilines is 1. The molecule has 32 heavy (non-hydrogen) atoms. The average Bonchev–Trinajstić information content (AvgIpc) is 3.29. The molecular formula is C23H21N5O4. The number of rotatable bonds is 8. The van der Waals surface area contributed by atoms with E-state index in [0.717, 1.165) is 10.8 Å². The van der Waals surface area contributed by atoms with Crippen LogP contribution in [0.3, 0.4) is 0 Å². The minimum atomic E-state index is -0.697. The Bertz CT molecular complexity index is 1280. The number of aromatic amines is 1. The van der Waals surface area contributed by atoms with Gasteiger partial charge in [0.05, 0.1) is 6.61 Å². The van der Waals surface area contributed by atoms with Crippen LogP contribution in [-0.2, 0) is 4.79 Å². The van der Waals surface area contributed by atoms with E-state index in [1.165, 1.54) is 0 Å². The topological polar surface area (TPSA) is 132 Å². The van der Waals surface area contributed by atoms with E-state index in [1.54, 1.807) is 18.2 Å². The molecule has 0 saturated carbocycles. The number of carbonyl (C=O) groups is 2. The fraction of sp³-hybridized carbons (Fsp3) is 0.130. The van der Waals surface area contributed by atoms with Crippen molar-refractivity contribution >= 4 is 28.3 Å². The van der Waals surface area contributed by atoms with Crippen molar-refractivity contribution in [3.63, 3.8) is 0 Å². The van der Waals surface area contributed by atoms with Crippen molar-refractivity contribution in [1.29, 1.82) is 0 Å². The monoisotopic (exact) mass is 431 g/mol. The largest absolute Gasteiger partial charge is 0.490 e. The van der Waals surface area contributed by atoms with Gasteiger partial charge in [0.15, 0.2) is 23.8 Å². The lowest BCUT2D eigenvalue weighted by Gasteiger charge is -2.14. The van der Waals surface area contributed by atoms with Crippen molar-refractivity contribution in [3.8, 4) is 22.8 Å². The van der Waals surface area contributed by atoms with Gasteiger partial charge in [-0.1, -0.05) is 36.4 Å². The first-order valence-corrected chi connectivity index (χ1v) is 9.95. The van der Waals surface area contributed by atoms with Gasteiger partial charge in [0, 0.05) is 16.6 Å². The molecule has 9 heteroatoms. The van der Waals surface area contributed by atoms with Gasteiger partial charge in [0.25, 0.3) is 11.8 Å². The number of benzene rings is 3. The molecule has 4 aromatic rings. The molecule has 4 rings (SSSR count). The Kier molecular flexibility index (Phi) is 5.98. The second kappa shape index (κ2) is 9.17. The maximum atomic E-state index is 12.5. The van der Waals surface area contributed by atoms with Crippen LogP contribution in [0.5, 0.6) is 11.5 Å². The van der Waals surface area contributed by atoms with E-state index in [1.807, 2.05) is 49.4 Å². The van der Waals surface area contributed by atoms with Crippen molar-refractivity contribution in [3.05, 3.63) is 66.4 Å². The molecule has 1 heterocycles. The summed E-state index contributed by atoms with van der Waals surface area (Å²) in [6.07, 6.45) is 0. The number of aromatic nitrogens is 3. The third-order valence-electron chi connectivity index (χ3n) is 4.72. The van der Waals surface area contributed by atoms with E-state index in [2.05, 4.69) is 20.7 Å². The zero-order chi connectivity index (χ0) is 22.5. The second-order valence-corrected chi connectivity index (χ2v) is 6.84. The predicted molar refractivity (Wildman–Crippen MR) is 120 cm³/mol. The SMILES string of the molecule is CCOc1cc(-c2n[nH]nc2C(N)=O)ccc1OCC(=O)Nc1cccc2ccccc12. The fourth-order valence-corrected chi connectivity index (χ4v) is 3.31. The Hall–Kier alpha value is -4.40. The summed E-state index contributed by atoms with van der Waals surface area (Å²) in [6, 6.07) is 18.5. The third kappa shape index (κ3) is 4.36. The number of nitrogens with one attached hydrogen (secondary N) is 2. The van der Waals surface area contributed by atoms with Gasteiger partial charge in [-0.15, -0.1) is 0 Å². The highest BCUT2D eigenvalue weighted by atomic mass is 16.5. The van der Waals surface area contributed by atoms with Crippen molar-refractivity contribution in [2.24, 2.45) is 5.73 Å². The van der Waals surface area contributed by atoms with Gasteiger partial charge in [0.2, 0.25) is 0 Å². The lowest BCUT2D eigenvalue weighted by molar-refractivity contribution is -0.118.